The third-order valence-corrected chi connectivity index (χ3v) is 3.33. The number of hydrogen-bond acceptors (Lipinski definition) is 2. The van der Waals surface area contributed by atoms with Crippen molar-refractivity contribution in [3.8, 4) is 0 Å². The van der Waals surface area contributed by atoms with E-state index in [2.05, 4.69) is 31.3 Å². The summed E-state index contributed by atoms with van der Waals surface area (Å²) in [6, 6.07) is 0.526. The molecule has 1 aliphatic rings. The number of guanidine groups is 1. The standard InChI is InChI=1S/C11H18BrN5/c12-9-7-15-17(8-9)6-5-14-11(13)16-10-3-1-2-4-10/h7-8,10H,1-6H2,(H3,13,14,16). The normalized spacial score (nSPS) is 17.6. The molecule has 0 aromatic carbocycles. The molecular weight excluding hydrogens is 282 g/mol. The summed E-state index contributed by atoms with van der Waals surface area (Å²) in [4.78, 5) is 4.30. The molecule has 1 fully saturated rings. The molecule has 1 heterocycles. The van der Waals surface area contributed by atoms with Gasteiger partial charge in [0.15, 0.2) is 5.96 Å². The molecule has 5 nitrogen and oxygen atoms in total. The van der Waals surface area contributed by atoms with Crippen LogP contribution in [0.15, 0.2) is 21.9 Å². The lowest BCUT2D eigenvalue weighted by Crippen LogP contribution is -2.38. The maximum atomic E-state index is 5.82. The topological polar surface area (TPSA) is 68.2 Å². The van der Waals surface area contributed by atoms with Gasteiger partial charge in [0.1, 0.15) is 0 Å². The van der Waals surface area contributed by atoms with E-state index >= 15 is 0 Å². The first-order valence-electron chi connectivity index (χ1n) is 5.98. The average molecular weight is 300 g/mol. The molecule has 0 aliphatic heterocycles. The van der Waals surface area contributed by atoms with Crippen molar-refractivity contribution in [2.45, 2.75) is 38.3 Å². The number of aromatic nitrogens is 2. The molecule has 0 spiro atoms. The molecule has 94 valence electrons. The fourth-order valence-electron chi connectivity index (χ4n) is 2.06. The minimum absolute atomic E-state index is 0.526. The number of aliphatic imine (C=N–C) groups is 1. The van der Waals surface area contributed by atoms with Crippen LogP contribution in [0.5, 0.6) is 0 Å². The molecule has 1 aromatic rings. The van der Waals surface area contributed by atoms with Crippen LogP contribution >= 0.6 is 15.9 Å². The highest BCUT2D eigenvalue weighted by Crippen LogP contribution is 2.17. The Morgan fingerprint density at radius 2 is 2.35 bits per heavy atom. The van der Waals surface area contributed by atoms with E-state index < -0.39 is 0 Å². The van der Waals surface area contributed by atoms with Crippen molar-refractivity contribution in [1.29, 1.82) is 0 Å². The Labute approximate surface area is 110 Å². The third-order valence-electron chi connectivity index (χ3n) is 2.92. The summed E-state index contributed by atoms with van der Waals surface area (Å²) < 4.78 is 2.83. The first-order chi connectivity index (χ1) is 8.24. The summed E-state index contributed by atoms with van der Waals surface area (Å²) in [5.41, 5.74) is 5.82. The largest absolute Gasteiger partial charge is 0.370 e. The molecule has 0 atom stereocenters. The van der Waals surface area contributed by atoms with Gasteiger partial charge in [-0.15, -0.1) is 0 Å². The molecule has 2 rings (SSSR count). The van der Waals surface area contributed by atoms with Gasteiger partial charge in [0.05, 0.1) is 23.8 Å². The number of nitrogens with one attached hydrogen (secondary N) is 1. The molecule has 1 aromatic heterocycles. The van der Waals surface area contributed by atoms with Crippen LogP contribution in [-0.4, -0.2) is 28.3 Å². The van der Waals surface area contributed by atoms with E-state index in [1.165, 1.54) is 25.7 Å². The third kappa shape index (κ3) is 4.03. The molecule has 1 saturated carbocycles. The highest BCUT2D eigenvalue weighted by atomic mass is 79.9. The van der Waals surface area contributed by atoms with Crippen LogP contribution in [0.2, 0.25) is 0 Å². The Morgan fingerprint density at radius 3 is 3.00 bits per heavy atom. The lowest BCUT2D eigenvalue weighted by molar-refractivity contribution is 0.608. The van der Waals surface area contributed by atoms with Crippen LogP contribution in [0.4, 0.5) is 0 Å². The van der Waals surface area contributed by atoms with E-state index in [0.29, 0.717) is 18.5 Å². The highest BCUT2D eigenvalue weighted by Gasteiger charge is 2.14. The van der Waals surface area contributed by atoms with Crippen LogP contribution in [0.25, 0.3) is 0 Å². The maximum Gasteiger partial charge on any atom is 0.188 e. The van der Waals surface area contributed by atoms with Gasteiger partial charge in [-0.3, -0.25) is 9.67 Å². The zero-order valence-corrected chi connectivity index (χ0v) is 11.4. The molecule has 6 heteroatoms. The van der Waals surface area contributed by atoms with Gasteiger partial charge in [-0.1, -0.05) is 12.8 Å². The smallest absolute Gasteiger partial charge is 0.188 e. The highest BCUT2D eigenvalue weighted by molar-refractivity contribution is 9.10. The Hall–Kier alpha value is -1.04. The number of nitrogens with zero attached hydrogens (tertiary/aromatic N) is 3. The van der Waals surface area contributed by atoms with Gasteiger partial charge in [0.2, 0.25) is 0 Å². The van der Waals surface area contributed by atoms with Crippen LogP contribution in [0.3, 0.4) is 0 Å². The molecular formula is C11H18BrN5. The second kappa shape index (κ2) is 6.05. The van der Waals surface area contributed by atoms with Crippen LogP contribution in [0.1, 0.15) is 25.7 Å². The van der Waals surface area contributed by atoms with Gasteiger partial charge in [0, 0.05) is 12.2 Å². The summed E-state index contributed by atoms with van der Waals surface area (Å²) >= 11 is 3.36. The first-order valence-corrected chi connectivity index (χ1v) is 6.78. The van der Waals surface area contributed by atoms with Crippen molar-refractivity contribution in [2.75, 3.05) is 6.54 Å². The molecule has 1 aliphatic carbocycles. The minimum Gasteiger partial charge on any atom is -0.370 e. The van der Waals surface area contributed by atoms with Gasteiger partial charge in [-0.2, -0.15) is 5.10 Å². The molecule has 0 saturated heterocycles. The van der Waals surface area contributed by atoms with Gasteiger partial charge in [0.25, 0.3) is 0 Å². The number of hydrogen-bond donors (Lipinski definition) is 2. The average Bonchev–Trinajstić information content (AvgIpc) is 2.90. The monoisotopic (exact) mass is 299 g/mol. The fraction of sp³-hybridized carbons (Fsp3) is 0.636. The second-order valence-electron chi connectivity index (χ2n) is 4.31. The van der Waals surface area contributed by atoms with E-state index in [0.717, 1.165) is 11.0 Å². The van der Waals surface area contributed by atoms with Gasteiger partial charge in [-0.05, 0) is 28.8 Å². The summed E-state index contributed by atoms with van der Waals surface area (Å²) in [7, 11) is 0. The predicted octanol–water partition coefficient (Wildman–Crippen LogP) is 1.49. The fourth-order valence-corrected chi connectivity index (χ4v) is 2.39. The van der Waals surface area contributed by atoms with Crippen molar-refractivity contribution >= 4 is 21.9 Å². The van der Waals surface area contributed by atoms with Crippen molar-refractivity contribution in [3.63, 3.8) is 0 Å². The molecule has 3 N–H and O–H groups in total. The second-order valence-corrected chi connectivity index (χ2v) is 5.23. The maximum absolute atomic E-state index is 5.82. The van der Waals surface area contributed by atoms with Crippen molar-refractivity contribution in [3.05, 3.63) is 16.9 Å². The summed E-state index contributed by atoms with van der Waals surface area (Å²) in [6.45, 7) is 1.40. The van der Waals surface area contributed by atoms with E-state index in [1.807, 2.05) is 10.9 Å². The number of halogens is 1. The Balaban J connectivity index is 1.72. The molecule has 0 amide bonds. The molecule has 0 bridgehead atoms. The molecule has 17 heavy (non-hydrogen) atoms. The lowest BCUT2D eigenvalue weighted by Gasteiger charge is -2.12. The first kappa shape index (κ1) is 12.4. The Morgan fingerprint density at radius 1 is 1.59 bits per heavy atom. The summed E-state index contributed by atoms with van der Waals surface area (Å²) in [5.74, 6) is 0.558. The Kier molecular flexibility index (Phi) is 4.42. The van der Waals surface area contributed by atoms with E-state index in [1.54, 1.807) is 6.20 Å². The van der Waals surface area contributed by atoms with Crippen molar-refractivity contribution in [1.82, 2.24) is 15.1 Å². The predicted molar refractivity (Wildman–Crippen MR) is 71.8 cm³/mol. The van der Waals surface area contributed by atoms with Crippen molar-refractivity contribution < 1.29 is 0 Å². The van der Waals surface area contributed by atoms with Gasteiger partial charge in [-0.25, -0.2) is 0 Å². The zero-order valence-electron chi connectivity index (χ0n) is 9.77. The summed E-state index contributed by atoms with van der Waals surface area (Å²) in [6.07, 6.45) is 8.71. The SMILES string of the molecule is NC(=NCCn1cc(Br)cn1)NC1CCCC1. The van der Waals surface area contributed by atoms with Gasteiger partial charge >= 0.3 is 0 Å². The van der Waals surface area contributed by atoms with Crippen LogP contribution < -0.4 is 11.1 Å². The van der Waals surface area contributed by atoms with Crippen molar-refractivity contribution in [2.24, 2.45) is 10.7 Å². The summed E-state index contributed by atoms with van der Waals surface area (Å²) in [5, 5.41) is 7.41. The quantitative estimate of drug-likeness (QED) is 0.654. The Bertz CT molecular complexity index is 381. The van der Waals surface area contributed by atoms with E-state index in [4.69, 9.17) is 5.73 Å². The number of rotatable bonds is 4. The lowest BCUT2D eigenvalue weighted by atomic mass is 10.2. The zero-order chi connectivity index (χ0) is 12.1. The number of nitrogens with two attached hydrogens (primary N) is 1. The molecule has 0 unspecified atom stereocenters. The van der Waals surface area contributed by atoms with E-state index in [9.17, 15) is 0 Å². The molecule has 0 radical (unpaired) electrons. The minimum atomic E-state index is 0.526. The van der Waals surface area contributed by atoms with Crippen LogP contribution in [-0.2, 0) is 6.54 Å². The van der Waals surface area contributed by atoms with Gasteiger partial charge < -0.3 is 11.1 Å². The van der Waals surface area contributed by atoms with E-state index in [-0.39, 0.29) is 0 Å². The van der Waals surface area contributed by atoms with Crippen LogP contribution in [0, 0.1) is 0 Å².